The van der Waals surface area contributed by atoms with Gasteiger partial charge in [0.25, 0.3) is 0 Å². The molecule has 1 aliphatic rings. The Morgan fingerprint density at radius 3 is 2.65 bits per heavy atom. The van der Waals surface area contributed by atoms with Gasteiger partial charge >= 0.3 is 0 Å². The standard InChI is InChI=1S/C19H22N2O2/c1-23-17-8-6-14(7-9-17)18-5-3-2-4-15(18)12-16-13-20-10-11-21-19(16)22/h2-9,16,20H,10-13H2,1H3,(H,21,22). The molecule has 0 aromatic heterocycles. The molecule has 1 amide bonds. The molecule has 1 heterocycles. The van der Waals surface area contributed by atoms with Crippen molar-refractivity contribution < 1.29 is 9.53 Å². The Hall–Kier alpha value is -2.33. The van der Waals surface area contributed by atoms with Crippen LogP contribution >= 0.6 is 0 Å². The lowest BCUT2D eigenvalue weighted by molar-refractivity contribution is -0.124. The van der Waals surface area contributed by atoms with Gasteiger partial charge in [0.1, 0.15) is 5.75 Å². The van der Waals surface area contributed by atoms with Gasteiger partial charge in [0.15, 0.2) is 0 Å². The Morgan fingerprint density at radius 1 is 1.09 bits per heavy atom. The van der Waals surface area contributed by atoms with E-state index in [2.05, 4.69) is 34.9 Å². The fourth-order valence-corrected chi connectivity index (χ4v) is 2.97. The van der Waals surface area contributed by atoms with Crippen LogP contribution in [0.4, 0.5) is 0 Å². The zero-order valence-corrected chi connectivity index (χ0v) is 13.3. The maximum Gasteiger partial charge on any atom is 0.224 e. The van der Waals surface area contributed by atoms with E-state index >= 15 is 0 Å². The molecule has 0 spiro atoms. The van der Waals surface area contributed by atoms with E-state index in [1.165, 1.54) is 11.1 Å². The Bertz CT molecular complexity index is 667. The van der Waals surface area contributed by atoms with Crippen LogP contribution in [0.15, 0.2) is 48.5 Å². The van der Waals surface area contributed by atoms with Gasteiger partial charge in [0.2, 0.25) is 5.91 Å². The molecule has 120 valence electrons. The quantitative estimate of drug-likeness (QED) is 0.910. The number of hydrogen-bond donors (Lipinski definition) is 2. The zero-order valence-electron chi connectivity index (χ0n) is 13.3. The molecular weight excluding hydrogens is 288 g/mol. The van der Waals surface area contributed by atoms with Crippen molar-refractivity contribution in [1.82, 2.24) is 10.6 Å². The SMILES string of the molecule is COc1ccc(-c2ccccc2CC2CNCCNC2=O)cc1. The van der Waals surface area contributed by atoms with Crippen LogP contribution in [-0.4, -0.2) is 32.7 Å². The molecule has 2 N–H and O–H groups in total. The molecule has 4 nitrogen and oxygen atoms in total. The zero-order chi connectivity index (χ0) is 16.1. The lowest BCUT2D eigenvalue weighted by Gasteiger charge is -2.16. The van der Waals surface area contributed by atoms with Crippen molar-refractivity contribution in [1.29, 1.82) is 0 Å². The van der Waals surface area contributed by atoms with Gasteiger partial charge < -0.3 is 15.4 Å². The first-order valence-corrected chi connectivity index (χ1v) is 7.98. The number of methoxy groups -OCH3 is 1. The fraction of sp³-hybridized carbons (Fsp3) is 0.316. The number of nitrogens with one attached hydrogen (secondary N) is 2. The molecule has 23 heavy (non-hydrogen) atoms. The van der Waals surface area contributed by atoms with Crippen molar-refractivity contribution in [2.75, 3.05) is 26.7 Å². The first-order valence-electron chi connectivity index (χ1n) is 7.98. The summed E-state index contributed by atoms with van der Waals surface area (Å²) < 4.78 is 5.22. The van der Waals surface area contributed by atoms with Crippen LogP contribution < -0.4 is 15.4 Å². The van der Waals surface area contributed by atoms with Gasteiger partial charge in [-0.05, 0) is 35.2 Å². The molecule has 1 fully saturated rings. The Kier molecular flexibility index (Phi) is 4.93. The van der Waals surface area contributed by atoms with E-state index in [0.717, 1.165) is 30.8 Å². The number of rotatable bonds is 4. The van der Waals surface area contributed by atoms with E-state index in [-0.39, 0.29) is 11.8 Å². The van der Waals surface area contributed by atoms with E-state index in [9.17, 15) is 4.79 Å². The van der Waals surface area contributed by atoms with Crippen LogP contribution in [-0.2, 0) is 11.2 Å². The summed E-state index contributed by atoms with van der Waals surface area (Å²) in [7, 11) is 1.67. The topological polar surface area (TPSA) is 50.4 Å². The molecule has 2 aromatic rings. The fourth-order valence-electron chi connectivity index (χ4n) is 2.97. The summed E-state index contributed by atoms with van der Waals surface area (Å²) in [6, 6.07) is 16.3. The van der Waals surface area contributed by atoms with Crippen molar-refractivity contribution in [2.24, 2.45) is 5.92 Å². The van der Waals surface area contributed by atoms with Crippen LogP contribution in [0.5, 0.6) is 5.75 Å². The Labute approximate surface area is 136 Å². The van der Waals surface area contributed by atoms with E-state index in [0.29, 0.717) is 6.54 Å². The molecular formula is C19H22N2O2. The molecule has 1 unspecified atom stereocenters. The second-order valence-electron chi connectivity index (χ2n) is 5.78. The monoisotopic (exact) mass is 310 g/mol. The molecule has 2 aromatic carbocycles. The number of benzene rings is 2. The minimum absolute atomic E-state index is 0.0306. The van der Waals surface area contributed by atoms with Crippen molar-refractivity contribution in [3.63, 3.8) is 0 Å². The van der Waals surface area contributed by atoms with Gasteiger partial charge in [-0.25, -0.2) is 0 Å². The lowest BCUT2D eigenvalue weighted by atomic mass is 9.91. The van der Waals surface area contributed by atoms with Gasteiger partial charge in [-0.3, -0.25) is 4.79 Å². The Balaban J connectivity index is 1.86. The maximum atomic E-state index is 12.2. The molecule has 1 saturated heterocycles. The van der Waals surface area contributed by atoms with Gasteiger partial charge in [-0.2, -0.15) is 0 Å². The largest absolute Gasteiger partial charge is 0.497 e. The Morgan fingerprint density at radius 2 is 1.87 bits per heavy atom. The van der Waals surface area contributed by atoms with Crippen molar-refractivity contribution in [2.45, 2.75) is 6.42 Å². The summed E-state index contributed by atoms with van der Waals surface area (Å²) in [6.07, 6.45) is 0.737. The summed E-state index contributed by atoms with van der Waals surface area (Å²) in [5.74, 6) is 0.954. The molecule has 0 bridgehead atoms. The number of hydrogen-bond acceptors (Lipinski definition) is 3. The highest BCUT2D eigenvalue weighted by molar-refractivity contribution is 5.80. The first kappa shape index (κ1) is 15.6. The minimum atomic E-state index is -0.0306. The summed E-state index contributed by atoms with van der Waals surface area (Å²) >= 11 is 0. The molecule has 1 atom stereocenters. The van der Waals surface area contributed by atoms with Gasteiger partial charge in [0, 0.05) is 19.6 Å². The van der Waals surface area contributed by atoms with E-state index in [1.807, 2.05) is 24.3 Å². The second-order valence-corrected chi connectivity index (χ2v) is 5.78. The number of carbonyl (C=O) groups is 1. The van der Waals surface area contributed by atoms with Crippen molar-refractivity contribution in [3.8, 4) is 16.9 Å². The summed E-state index contributed by atoms with van der Waals surface area (Å²) in [4.78, 5) is 12.2. The lowest BCUT2D eigenvalue weighted by Crippen LogP contribution is -2.32. The smallest absolute Gasteiger partial charge is 0.224 e. The maximum absolute atomic E-state index is 12.2. The molecule has 3 rings (SSSR count). The van der Waals surface area contributed by atoms with Crippen LogP contribution in [0, 0.1) is 5.92 Å². The van der Waals surface area contributed by atoms with E-state index < -0.39 is 0 Å². The van der Waals surface area contributed by atoms with Crippen LogP contribution in [0.25, 0.3) is 11.1 Å². The molecule has 0 radical (unpaired) electrons. The van der Waals surface area contributed by atoms with Crippen molar-refractivity contribution in [3.05, 3.63) is 54.1 Å². The van der Waals surface area contributed by atoms with E-state index in [1.54, 1.807) is 7.11 Å². The third kappa shape index (κ3) is 3.71. The number of ether oxygens (including phenoxy) is 1. The van der Waals surface area contributed by atoms with Gasteiger partial charge in [0.05, 0.1) is 13.0 Å². The second kappa shape index (κ2) is 7.29. The number of amides is 1. The van der Waals surface area contributed by atoms with Gasteiger partial charge in [-0.1, -0.05) is 36.4 Å². The highest BCUT2D eigenvalue weighted by Gasteiger charge is 2.21. The summed E-state index contributed by atoms with van der Waals surface area (Å²) in [6.45, 7) is 2.26. The van der Waals surface area contributed by atoms with Gasteiger partial charge in [-0.15, -0.1) is 0 Å². The summed E-state index contributed by atoms with van der Waals surface area (Å²) in [5, 5.41) is 6.29. The minimum Gasteiger partial charge on any atom is -0.497 e. The molecule has 0 saturated carbocycles. The molecule has 1 aliphatic heterocycles. The number of carbonyl (C=O) groups excluding carboxylic acids is 1. The van der Waals surface area contributed by atoms with Crippen molar-refractivity contribution >= 4 is 5.91 Å². The third-order valence-corrected chi connectivity index (χ3v) is 4.25. The first-order chi connectivity index (χ1) is 11.3. The van der Waals surface area contributed by atoms with Crippen LogP contribution in [0.2, 0.25) is 0 Å². The van der Waals surface area contributed by atoms with Crippen LogP contribution in [0.1, 0.15) is 5.56 Å². The third-order valence-electron chi connectivity index (χ3n) is 4.25. The van der Waals surface area contributed by atoms with E-state index in [4.69, 9.17) is 4.74 Å². The predicted octanol–water partition coefficient (Wildman–Crippen LogP) is 2.24. The highest BCUT2D eigenvalue weighted by Crippen LogP contribution is 2.27. The summed E-state index contributed by atoms with van der Waals surface area (Å²) in [5.41, 5.74) is 3.51. The normalized spacial score (nSPS) is 18.1. The average molecular weight is 310 g/mol. The highest BCUT2D eigenvalue weighted by atomic mass is 16.5. The molecule has 0 aliphatic carbocycles. The molecule has 4 heteroatoms. The predicted molar refractivity (Wildman–Crippen MR) is 91.5 cm³/mol. The average Bonchev–Trinajstić information content (AvgIpc) is 2.80. The van der Waals surface area contributed by atoms with Crippen LogP contribution in [0.3, 0.4) is 0 Å².